The fourth-order valence-corrected chi connectivity index (χ4v) is 3.17. The summed E-state index contributed by atoms with van der Waals surface area (Å²) < 4.78 is 27.4. The van der Waals surface area contributed by atoms with Gasteiger partial charge in [-0.2, -0.15) is 0 Å². The van der Waals surface area contributed by atoms with E-state index < -0.39 is 23.2 Å². The summed E-state index contributed by atoms with van der Waals surface area (Å²) in [5.41, 5.74) is 1.52. The monoisotopic (exact) mass is 406 g/mol. The number of hydrogen-bond acceptors (Lipinski definition) is 4. The molecule has 0 unspecified atom stereocenters. The highest BCUT2D eigenvalue weighted by atomic mass is 19.1. The van der Waals surface area contributed by atoms with Crippen molar-refractivity contribution in [2.45, 2.75) is 6.61 Å². The van der Waals surface area contributed by atoms with Crippen LogP contribution in [0.15, 0.2) is 66.7 Å². The lowest BCUT2D eigenvalue weighted by molar-refractivity contribution is 0.105. The lowest BCUT2D eigenvalue weighted by atomic mass is 9.98. The highest BCUT2D eigenvalue weighted by Crippen LogP contribution is 2.29. The number of nitrogens with zero attached hydrogens (tertiary/aromatic N) is 1. The number of carbonyl (C=O) groups is 1. The summed E-state index contributed by atoms with van der Waals surface area (Å²) in [7, 11) is 0. The Morgan fingerprint density at radius 1 is 0.933 bits per heavy atom. The number of hydrogen-bond donors (Lipinski definition) is 3. The molecular weight excluding hydrogens is 390 g/mol. The summed E-state index contributed by atoms with van der Waals surface area (Å²) in [4.78, 5) is 20.5. The number of fused-ring (bicyclic) bond motifs is 1. The molecule has 7 heteroatoms. The normalized spacial score (nSPS) is 12.1. The van der Waals surface area contributed by atoms with Crippen LogP contribution in [0.4, 0.5) is 8.78 Å². The van der Waals surface area contributed by atoms with Crippen LogP contribution < -0.4 is 0 Å². The van der Waals surface area contributed by atoms with Crippen LogP contribution in [0.5, 0.6) is 0 Å². The van der Waals surface area contributed by atoms with Crippen LogP contribution in [-0.4, -0.2) is 26.0 Å². The standard InChI is InChI=1S/C23H16F2N2O3/c24-16-9-15(10-17(25)11-16)22(30)20(21(29)14-4-2-1-3-5-14)23-26-18-7-6-13(12-28)8-19(18)27-23/h1-11,28,30H,12H2,(H,26,27). The van der Waals surface area contributed by atoms with Gasteiger partial charge in [-0.05, 0) is 29.8 Å². The van der Waals surface area contributed by atoms with Crippen molar-refractivity contribution in [2.24, 2.45) is 0 Å². The Labute approximate surface area is 170 Å². The van der Waals surface area contributed by atoms with E-state index in [1.165, 1.54) is 0 Å². The van der Waals surface area contributed by atoms with Gasteiger partial charge in [-0.25, -0.2) is 13.8 Å². The predicted molar refractivity (Wildman–Crippen MR) is 109 cm³/mol. The SMILES string of the molecule is O=C(C(=C(O)c1cc(F)cc(F)c1)c1nc2ccc(CO)cc2[nH]1)c1ccccc1. The highest BCUT2D eigenvalue weighted by molar-refractivity contribution is 6.33. The first kappa shape index (κ1) is 19.5. The molecule has 0 saturated carbocycles. The third kappa shape index (κ3) is 3.70. The molecule has 0 saturated heterocycles. The number of allylic oxidation sites excluding steroid dienone is 1. The minimum absolute atomic E-state index is 0.0381. The smallest absolute Gasteiger partial charge is 0.200 e. The van der Waals surface area contributed by atoms with Crippen LogP contribution >= 0.6 is 0 Å². The summed E-state index contributed by atoms with van der Waals surface area (Å²) in [6.07, 6.45) is 0. The number of aliphatic hydroxyl groups is 2. The zero-order valence-corrected chi connectivity index (χ0v) is 15.6. The van der Waals surface area contributed by atoms with Crippen LogP contribution in [0.3, 0.4) is 0 Å². The molecule has 5 nitrogen and oxygen atoms in total. The van der Waals surface area contributed by atoms with Crippen molar-refractivity contribution in [3.63, 3.8) is 0 Å². The van der Waals surface area contributed by atoms with Gasteiger partial charge in [-0.3, -0.25) is 4.79 Å². The van der Waals surface area contributed by atoms with Gasteiger partial charge in [0.15, 0.2) is 0 Å². The Morgan fingerprint density at radius 3 is 2.30 bits per heavy atom. The molecule has 1 aromatic heterocycles. The second-order valence-corrected chi connectivity index (χ2v) is 6.67. The first-order valence-corrected chi connectivity index (χ1v) is 9.05. The number of rotatable bonds is 5. The molecule has 0 aliphatic heterocycles. The Morgan fingerprint density at radius 2 is 1.63 bits per heavy atom. The number of aliphatic hydroxyl groups excluding tert-OH is 2. The Balaban J connectivity index is 1.95. The second-order valence-electron chi connectivity index (χ2n) is 6.67. The van der Waals surface area contributed by atoms with E-state index in [9.17, 15) is 23.8 Å². The van der Waals surface area contributed by atoms with Gasteiger partial charge in [0.2, 0.25) is 5.78 Å². The number of benzene rings is 3. The van der Waals surface area contributed by atoms with E-state index in [0.717, 1.165) is 12.1 Å². The Kier molecular flexibility index (Phi) is 5.12. The van der Waals surface area contributed by atoms with E-state index in [4.69, 9.17) is 0 Å². The molecule has 0 spiro atoms. The number of aromatic amines is 1. The van der Waals surface area contributed by atoms with Crippen LogP contribution in [0.2, 0.25) is 0 Å². The third-order valence-electron chi connectivity index (χ3n) is 4.60. The van der Waals surface area contributed by atoms with Crippen molar-refractivity contribution in [3.05, 3.63) is 101 Å². The van der Waals surface area contributed by atoms with Gasteiger partial charge in [-0.1, -0.05) is 36.4 Å². The number of Topliss-reactive ketones (excluding diaryl/α,β-unsaturated/α-hetero) is 1. The fourth-order valence-electron chi connectivity index (χ4n) is 3.17. The minimum atomic E-state index is -0.889. The maximum atomic E-state index is 13.7. The van der Waals surface area contributed by atoms with E-state index in [-0.39, 0.29) is 29.1 Å². The first-order chi connectivity index (χ1) is 14.5. The first-order valence-electron chi connectivity index (χ1n) is 9.05. The van der Waals surface area contributed by atoms with Crippen molar-refractivity contribution < 1.29 is 23.8 Å². The lowest BCUT2D eigenvalue weighted by Crippen LogP contribution is -2.07. The van der Waals surface area contributed by atoms with Crippen molar-refractivity contribution in [1.29, 1.82) is 0 Å². The molecule has 4 rings (SSSR count). The maximum Gasteiger partial charge on any atom is 0.200 e. The van der Waals surface area contributed by atoms with Crippen molar-refractivity contribution in [1.82, 2.24) is 9.97 Å². The molecule has 3 N–H and O–H groups in total. The molecule has 0 aliphatic carbocycles. The van der Waals surface area contributed by atoms with Crippen molar-refractivity contribution in [3.8, 4) is 0 Å². The average Bonchev–Trinajstić information content (AvgIpc) is 3.16. The summed E-state index contributed by atoms with van der Waals surface area (Å²) in [6, 6.07) is 15.7. The molecular formula is C23H16F2N2O3. The number of imidazole rings is 1. The molecule has 150 valence electrons. The summed E-state index contributed by atoms with van der Waals surface area (Å²) >= 11 is 0. The van der Waals surface area contributed by atoms with Crippen molar-refractivity contribution in [2.75, 3.05) is 0 Å². The third-order valence-corrected chi connectivity index (χ3v) is 4.60. The van der Waals surface area contributed by atoms with E-state index >= 15 is 0 Å². The van der Waals surface area contributed by atoms with E-state index in [1.807, 2.05) is 0 Å². The van der Waals surface area contributed by atoms with Gasteiger partial charge in [0.25, 0.3) is 0 Å². The molecule has 30 heavy (non-hydrogen) atoms. The molecule has 0 bridgehead atoms. The maximum absolute atomic E-state index is 13.7. The number of H-pyrrole nitrogens is 1. The van der Waals surface area contributed by atoms with Gasteiger partial charge < -0.3 is 15.2 Å². The fraction of sp³-hybridized carbons (Fsp3) is 0.0435. The zero-order chi connectivity index (χ0) is 21.3. The zero-order valence-electron chi connectivity index (χ0n) is 15.6. The van der Waals surface area contributed by atoms with E-state index in [1.54, 1.807) is 48.5 Å². The van der Waals surface area contributed by atoms with Crippen molar-refractivity contribution >= 4 is 28.1 Å². The van der Waals surface area contributed by atoms with Gasteiger partial charge >= 0.3 is 0 Å². The van der Waals surface area contributed by atoms with Gasteiger partial charge in [0.05, 0.1) is 17.6 Å². The topological polar surface area (TPSA) is 86.2 Å². The van der Waals surface area contributed by atoms with Gasteiger partial charge in [0, 0.05) is 17.2 Å². The predicted octanol–water partition coefficient (Wildman–Crippen LogP) is 4.64. The van der Waals surface area contributed by atoms with E-state index in [0.29, 0.717) is 22.7 Å². The average molecular weight is 406 g/mol. The summed E-state index contributed by atoms with van der Waals surface area (Å²) in [5, 5.41) is 20.2. The highest BCUT2D eigenvalue weighted by Gasteiger charge is 2.24. The summed E-state index contributed by atoms with van der Waals surface area (Å²) in [5.74, 6) is -2.92. The number of carbonyl (C=O) groups excluding carboxylic acids is 1. The van der Waals surface area contributed by atoms with Gasteiger partial charge in [0.1, 0.15) is 28.8 Å². The molecule has 0 aliphatic rings. The Bertz CT molecular complexity index is 1260. The molecule has 3 aromatic carbocycles. The molecule has 4 aromatic rings. The quantitative estimate of drug-likeness (QED) is 0.256. The molecule has 0 fully saturated rings. The lowest BCUT2D eigenvalue weighted by Gasteiger charge is -2.09. The molecule has 1 heterocycles. The van der Waals surface area contributed by atoms with Crippen LogP contribution in [0, 0.1) is 11.6 Å². The van der Waals surface area contributed by atoms with E-state index in [2.05, 4.69) is 9.97 Å². The van der Waals surface area contributed by atoms with Crippen LogP contribution in [0.1, 0.15) is 27.3 Å². The largest absolute Gasteiger partial charge is 0.506 e. The molecule has 0 amide bonds. The second kappa shape index (κ2) is 7.88. The number of ketones is 1. The summed E-state index contributed by atoms with van der Waals surface area (Å²) in [6.45, 7) is -0.177. The Hall–Kier alpha value is -3.84. The van der Waals surface area contributed by atoms with Gasteiger partial charge in [-0.15, -0.1) is 0 Å². The molecule has 0 radical (unpaired) electrons. The van der Waals surface area contributed by atoms with Crippen LogP contribution in [0.25, 0.3) is 22.4 Å². The number of aromatic nitrogens is 2. The molecule has 0 atom stereocenters. The number of nitrogens with one attached hydrogen (secondary N) is 1. The minimum Gasteiger partial charge on any atom is -0.506 e. The van der Waals surface area contributed by atoms with Crippen LogP contribution in [-0.2, 0) is 6.61 Å². The number of halogens is 2.